The van der Waals surface area contributed by atoms with Gasteiger partial charge in [-0.2, -0.15) is 0 Å². The zero-order valence-electron chi connectivity index (χ0n) is 14.3. The molecule has 2 aromatic carbocycles. The number of halogens is 1. The number of amides is 1. The maximum Gasteiger partial charge on any atom is 0.345 e. The highest BCUT2D eigenvalue weighted by atomic mass is 32.2. The Balaban J connectivity index is 1.45. The fourth-order valence-electron chi connectivity index (χ4n) is 2.53. The average molecular weight is 412 g/mol. The third-order valence-electron chi connectivity index (χ3n) is 3.85. The first-order chi connectivity index (χ1) is 13.6. The van der Waals surface area contributed by atoms with Crippen LogP contribution in [0.15, 0.2) is 74.1 Å². The first kappa shape index (κ1) is 18.4. The molecule has 1 N–H and O–H groups in total. The summed E-state index contributed by atoms with van der Waals surface area (Å²) in [6, 6.07) is 14.9. The van der Waals surface area contributed by atoms with Crippen molar-refractivity contribution in [2.24, 2.45) is 0 Å². The summed E-state index contributed by atoms with van der Waals surface area (Å²) >= 11 is 2.52. The number of carbonyl (C=O) groups is 1. The van der Waals surface area contributed by atoms with Crippen molar-refractivity contribution in [2.75, 3.05) is 11.1 Å². The van der Waals surface area contributed by atoms with E-state index in [0.29, 0.717) is 22.0 Å². The Kier molecular flexibility index (Phi) is 5.23. The molecule has 0 aliphatic rings. The lowest BCUT2D eigenvalue weighted by molar-refractivity contribution is -0.113. The molecule has 2 heterocycles. The number of para-hydroxylation sites is 1. The summed E-state index contributed by atoms with van der Waals surface area (Å²) in [6.45, 7) is 0. The van der Waals surface area contributed by atoms with Gasteiger partial charge in [0.2, 0.25) is 5.91 Å². The first-order valence-electron chi connectivity index (χ1n) is 8.25. The Hall–Kier alpha value is -2.97. The summed E-state index contributed by atoms with van der Waals surface area (Å²) in [4.78, 5) is 29.5. The van der Waals surface area contributed by atoms with Gasteiger partial charge in [-0.3, -0.25) is 4.79 Å². The lowest BCUT2D eigenvalue weighted by atomic mass is 10.1. The summed E-state index contributed by atoms with van der Waals surface area (Å²) in [5.41, 5.74) is 0.827. The van der Waals surface area contributed by atoms with Crippen LogP contribution in [0, 0.1) is 5.82 Å². The summed E-state index contributed by atoms with van der Waals surface area (Å²) in [7, 11) is 0. The Morgan fingerprint density at radius 3 is 2.79 bits per heavy atom. The minimum absolute atomic E-state index is 0.165. The number of carbonyl (C=O) groups excluding carboxylic acids is 1. The number of hydrogen-bond acceptors (Lipinski definition) is 6. The van der Waals surface area contributed by atoms with Gasteiger partial charge in [-0.25, -0.2) is 14.2 Å². The number of fused-ring (bicyclic) bond motifs is 1. The van der Waals surface area contributed by atoms with Crippen LogP contribution in [0.1, 0.15) is 0 Å². The zero-order chi connectivity index (χ0) is 19.5. The number of nitrogens with one attached hydrogen (secondary N) is 1. The van der Waals surface area contributed by atoms with Crippen LogP contribution in [0.5, 0.6) is 0 Å². The van der Waals surface area contributed by atoms with Gasteiger partial charge in [0.1, 0.15) is 11.4 Å². The second-order valence-electron chi connectivity index (χ2n) is 5.81. The highest BCUT2D eigenvalue weighted by molar-refractivity contribution is 8.00. The fraction of sp³-hybridized carbons (Fsp3) is 0.0500. The molecule has 28 heavy (non-hydrogen) atoms. The van der Waals surface area contributed by atoms with Gasteiger partial charge in [0.05, 0.1) is 17.0 Å². The molecule has 8 heteroatoms. The van der Waals surface area contributed by atoms with Gasteiger partial charge >= 0.3 is 5.63 Å². The standard InChI is InChI=1S/C20H13FN2O3S2/c21-13-5-7-14(8-6-13)27-11-18(24)23-20-22-16(10-28-20)15-9-12-3-1-2-4-17(12)26-19(15)25/h1-10H,11H2,(H,22,23,24). The van der Waals surface area contributed by atoms with E-state index < -0.39 is 5.63 Å². The smallest absolute Gasteiger partial charge is 0.345 e. The van der Waals surface area contributed by atoms with Crippen molar-refractivity contribution >= 4 is 45.1 Å². The molecule has 0 atom stereocenters. The van der Waals surface area contributed by atoms with Gasteiger partial charge in [0, 0.05) is 15.7 Å². The number of benzene rings is 2. The summed E-state index contributed by atoms with van der Waals surface area (Å²) in [5, 5.41) is 5.60. The van der Waals surface area contributed by atoms with Crippen molar-refractivity contribution in [1.29, 1.82) is 0 Å². The van der Waals surface area contributed by atoms with Crippen molar-refractivity contribution < 1.29 is 13.6 Å². The molecular weight excluding hydrogens is 399 g/mol. The van der Waals surface area contributed by atoms with E-state index >= 15 is 0 Å². The largest absolute Gasteiger partial charge is 0.422 e. The van der Waals surface area contributed by atoms with Crippen LogP contribution in [0.25, 0.3) is 22.2 Å². The minimum atomic E-state index is -0.478. The van der Waals surface area contributed by atoms with Gasteiger partial charge in [-0.15, -0.1) is 23.1 Å². The van der Waals surface area contributed by atoms with Crippen molar-refractivity contribution in [3.63, 3.8) is 0 Å². The van der Waals surface area contributed by atoms with Crippen molar-refractivity contribution in [3.8, 4) is 11.3 Å². The normalized spacial score (nSPS) is 10.9. The molecule has 140 valence electrons. The Bertz CT molecular complexity index is 1200. The lowest BCUT2D eigenvalue weighted by Gasteiger charge is -2.02. The molecule has 0 radical (unpaired) electrons. The van der Waals surface area contributed by atoms with E-state index in [9.17, 15) is 14.0 Å². The van der Waals surface area contributed by atoms with Crippen LogP contribution < -0.4 is 10.9 Å². The Morgan fingerprint density at radius 2 is 1.96 bits per heavy atom. The van der Waals surface area contributed by atoms with Crippen molar-refractivity contribution in [3.05, 3.63) is 76.2 Å². The van der Waals surface area contributed by atoms with Gasteiger partial charge < -0.3 is 9.73 Å². The van der Waals surface area contributed by atoms with Gasteiger partial charge in [0.15, 0.2) is 5.13 Å². The van der Waals surface area contributed by atoms with E-state index in [1.807, 2.05) is 12.1 Å². The maximum atomic E-state index is 12.9. The highest BCUT2D eigenvalue weighted by Gasteiger charge is 2.13. The minimum Gasteiger partial charge on any atom is -0.422 e. The van der Waals surface area contributed by atoms with E-state index in [4.69, 9.17) is 4.42 Å². The summed E-state index contributed by atoms with van der Waals surface area (Å²) in [6.07, 6.45) is 0. The van der Waals surface area contributed by atoms with E-state index in [2.05, 4.69) is 10.3 Å². The second-order valence-corrected chi connectivity index (χ2v) is 7.72. The van der Waals surface area contributed by atoms with Gasteiger partial charge in [0.25, 0.3) is 0 Å². The van der Waals surface area contributed by atoms with E-state index in [1.165, 1.54) is 35.2 Å². The summed E-state index contributed by atoms with van der Waals surface area (Å²) < 4.78 is 18.2. The third-order valence-corrected chi connectivity index (χ3v) is 5.62. The fourth-order valence-corrected chi connectivity index (χ4v) is 3.96. The molecule has 0 aliphatic heterocycles. The van der Waals surface area contributed by atoms with E-state index in [0.717, 1.165) is 10.3 Å². The quantitative estimate of drug-likeness (QED) is 0.377. The van der Waals surface area contributed by atoms with E-state index in [1.54, 1.807) is 35.7 Å². The lowest BCUT2D eigenvalue weighted by Crippen LogP contribution is -2.13. The number of hydrogen-bond donors (Lipinski definition) is 1. The number of nitrogens with zero attached hydrogens (tertiary/aromatic N) is 1. The third kappa shape index (κ3) is 4.13. The van der Waals surface area contributed by atoms with Crippen LogP contribution >= 0.6 is 23.1 Å². The number of aromatic nitrogens is 1. The molecule has 0 unspecified atom stereocenters. The molecule has 0 fully saturated rings. The predicted octanol–water partition coefficient (Wildman–Crippen LogP) is 4.79. The van der Waals surface area contributed by atoms with Crippen molar-refractivity contribution in [2.45, 2.75) is 4.90 Å². The molecule has 0 bridgehead atoms. The molecule has 4 aromatic rings. The second kappa shape index (κ2) is 7.95. The topological polar surface area (TPSA) is 72.2 Å². The Morgan fingerprint density at radius 1 is 1.18 bits per heavy atom. The molecular formula is C20H13FN2O3S2. The monoisotopic (exact) mass is 412 g/mol. The number of anilines is 1. The molecule has 0 saturated heterocycles. The van der Waals surface area contributed by atoms with Crippen molar-refractivity contribution in [1.82, 2.24) is 4.98 Å². The van der Waals surface area contributed by atoms with Crippen LogP contribution in [-0.2, 0) is 4.79 Å². The number of thioether (sulfide) groups is 1. The number of rotatable bonds is 5. The molecule has 0 spiro atoms. The molecule has 4 rings (SSSR count). The average Bonchev–Trinajstić information content (AvgIpc) is 3.15. The molecule has 0 aliphatic carbocycles. The van der Waals surface area contributed by atoms with Gasteiger partial charge in [-0.1, -0.05) is 18.2 Å². The molecule has 2 aromatic heterocycles. The highest BCUT2D eigenvalue weighted by Crippen LogP contribution is 2.26. The number of thiazole rings is 1. The van der Waals surface area contributed by atoms with Crippen LogP contribution in [0.2, 0.25) is 0 Å². The van der Waals surface area contributed by atoms with Crippen LogP contribution in [0.3, 0.4) is 0 Å². The SMILES string of the molecule is O=C(CSc1ccc(F)cc1)Nc1nc(-c2cc3ccccc3oc2=O)cs1. The zero-order valence-corrected chi connectivity index (χ0v) is 16.0. The van der Waals surface area contributed by atoms with Crippen LogP contribution in [0.4, 0.5) is 9.52 Å². The van der Waals surface area contributed by atoms with Crippen LogP contribution in [-0.4, -0.2) is 16.6 Å². The Labute approximate surface area is 167 Å². The van der Waals surface area contributed by atoms with E-state index in [-0.39, 0.29) is 17.5 Å². The predicted molar refractivity (Wildman–Crippen MR) is 109 cm³/mol. The summed E-state index contributed by atoms with van der Waals surface area (Å²) in [5.74, 6) is -0.387. The molecule has 5 nitrogen and oxygen atoms in total. The van der Waals surface area contributed by atoms with Gasteiger partial charge in [-0.05, 0) is 36.4 Å². The molecule has 0 saturated carbocycles. The molecule has 1 amide bonds. The maximum absolute atomic E-state index is 12.9. The first-order valence-corrected chi connectivity index (χ1v) is 10.1.